The number of carbonyl (C=O) groups excluding carboxylic acids is 1. The zero-order valence-electron chi connectivity index (χ0n) is 16.6. The third-order valence-corrected chi connectivity index (χ3v) is 5.71. The monoisotopic (exact) mass is 388 g/mol. The van der Waals surface area contributed by atoms with Crippen molar-refractivity contribution in [2.45, 2.75) is 40.2 Å². The van der Waals surface area contributed by atoms with E-state index < -0.39 is 10.0 Å². The number of nitrogens with zero attached hydrogens (tertiary/aromatic N) is 1. The Hall–Kier alpha value is -2.34. The smallest absolute Gasteiger partial charge is 0.241 e. The van der Waals surface area contributed by atoms with Gasteiger partial charge >= 0.3 is 0 Å². The number of benzene rings is 2. The van der Waals surface area contributed by atoms with Crippen LogP contribution in [0.5, 0.6) is 0 Å². The van der Waals surface area contributed by atoms with Gasteiger partial charge in [0.25, 0.3) is 0 Å². The van der Waals surface area contributed by atoms with E-state index >= 15 is 0 Å². The largest absolute Gasteiger partial charge is 0.348 e. The Kier molecular flexibility index (Phi) is 6.65. The molecule has 1 N–H and O–H groups in total. The Labute approximate surface area is 162 Å². The first-order chi connectivity index (χ1) is 12.6. The zero-order valence-corrected chi connectivity index (χ0v) is 17.4. The molecule has 0 radical (unpaired) electrons. The van der Waals surface area contributed by atoms with E-state index in [-0.39, 0.29) is 18.5 Å². The van der Waals surface area contributed by atoms with E-state index in [2.05, 4.69) is 12.2 Å². The molecule has 5 nitrogen and oxygen atoms in total. The summed E-state index contributed by atoms with van der Waals surface area (Å²) < 4.78 is 25.8. The molecule has 0 aliphatic rings. The summed E-state index contributed by atoms with van der Waals surface area (Å²) in [5, 5.41) is 2.90. The third-order valence-electron chi connectivity index (χ3n) is 4.59. The van der Waals surface area contributed by atoms with Crippen LogP contribution in [0.25, 0.3) is 0 Å². The van der Waals surface area contributed by atoms with E-state index in [1.807, 2.05) is 57.2 Å². The van der Waals surface area contributed by atoms with Gasteiger partial charge in [-0.15, -0.1) is 0 Å². The summed E-state index contributed by atoms with van der Waals surface area (Å²) in [6.45, 7) is 7.46. The van der Waals surface area contributed by atoms with Crippen LogP contribution in [0.1, 0.15) is 42.1 Å². The van der Waals surface area contributed by atoms with Crippen molar-refractivity contribution in [1.29, 1.82) is 0 Å². The van der Waals surface area contributed by atoms with Crippen LogP contribution in [-0.4, -0.2) is 27.1 Å². The molecule has 0 spiro atoms. The lowest BCUT2D eigenvalue weighted by Crippen LogP contribution is -2.41. The standard InChI is InChI=1S/C21H28N2O3S/c1-6-18-9-11-19(12-10-18)17(4)22-21(24)14-23(27(5,25)26)20-13-15(2)7-8-16(20)3/h7-13,17H,6,14H2,1-5H3,(H,22,24)/t17-/m1/s1. The second-order valence-electron chi connectivity index (χ2n) is 6.94. The van der Waals surface area contributed by atoms with Gasteiger partial charge in [0, 0.05) is 0 Å². The van der Waals surface area contributed by atoms with Crippen LogP contribution in [0.3, 0.4) is 0 Å². The lowest BCUT2D eigenvalue weighted by atomic mass is 10.1. The molecule has 0 aliphatic carbocycles. The van der Waals surface area contributed by atoms with E-state index in [9.17, 15) is 13.2 Å². The number of amides is 1. The average Bonchev–Trinajstić information content (AvgIpc) is 2.61. The molecule has 0 saturated carbocycles. The molecule has 0 heterocycles. The van der Waals surface area contributed by atoms with Crippen molar-refractivity contribution in [2.24, 2.45) is 0 Å². The Morgan fingerprint density at radius 2 is 1.74 bits per heavy atom. The van der Waals surface area contributed by atoms with E-state index in [1.165, 1.54) is 5.56 Å². The number of rotatable bonds is 7. The third kappa shape index (κ3) is 5.57. The number of anilines is 1. The van der Waals surface area contributed by atoms with Gasteiger partial charge in [0.05, 0.1) is 18.0 Å². The topological polar surface area (TPSA) is 66.5 Å². The van der Waals surface area contributed by atoms with Crippen molar-refractivity contribution in [3.8, 4) is 0 Å². The minimum Gasteiger partial charge on any atom is -0.348 e. The fraction of sp³-hybridized carbons (Fsp3) is 0.381. The summed E-state index contributed by atoms with van der Waals surface area (Å²) in [6.07, 6.45) is 2.08. The summed E-state index contributed by atoms with van der Waals surface area (Å²) >= 11 is 0. The van der Waals surface area contributed by atoms with Crippen LogP contribution in [0.4, 0.5) is 5.69 Å². The normalized spacial score (nSPS) is 12.5. The molecule has 0 aliphatic heterocycles. The van der Waals surface area contributed by atoms with E-state index in [0.29, 0.717) is 5.69 Å². The molecule has 6 heteroatoms. The summed E-state index contributed by atoms with van der Waals surface area (Å²) in [4.78, 5) is 12.6. The van der Waals surface area contributed by atoms with Crippen molar-refractivity contribution in [1.82, 2.24) is 5.32 Å². The van der Waals surface area contributed by atoms with Gasteiger partial charge in [0.1, 0.15) is 6.54 Å². The van der Waals surface area contributed by atoms with Gasteiger partial charge in [-0.3, -0.25) is 9.10 Å². The van der Waals surface area contributed by atoms with Crippen molar-refractivity contribution in [2.75, 3.05) is 17.1 Å². The molecule has 1 atom stereocenters. The molecule has 0 unspecified atom stereocenters. The number of nitrogens with one attached hydrogen (secondary N) is 1. The molecule has 27 heavy (non-hydrogen) atoms. The summed E-state index contributed by atoms with van der Waals surface area (Å²) in [7, 11) is -3.59. The fourth-order valence-corrected chi connectivity index (χ4v) is 3.82. The Balaban J connectivity index is 2.17. The van der Waals surface area contributed by atoms with Crippen molar-refractivity contribution in [3.63, 3.8) is 0 Å². The Bertz CT molecular complexity index is 906. The lowest BCUT2D eigenvalue weighted by Gasteiger charge is -2.25. The highest BCUT2D eigenvalue weighted by atomic mass is 32.2. The molecular formula is C21H28N2O3S. The predicted molar refractivity (Wildman–Crippen MR) is 110 cm³/mol. The second-order valence-corrected chi connectivity index (χ2v) is 8.85. The number of hydrogen-bond acceptors (Lipinski definition) is 3. The van der Waals surface area contributed by atoms with Gasteiger partial charge in [-0.25, -0.2) is 8.42 Å². The highest BCUT2D eigenvalue weighted by Crippen LogP contribution is 2.24. The van der Waals surface area contributed by atoms with Gasteiger partial charge in [-0.2, -0.15) is 0 Å². The lowest BCUT2D eigenvalue weighted by molar-refractivity contribution is -0.120. The summed E-state index contributed by atoms with van der Waals surface area (Å²) in [5.74, 6) is -0.339. The van der Waals surface area contributed by atoms with Gasteiger partial charge < -0.3 is 5.32 Å². The van der Waals surface area contributed by atoms with Gasteiger partial charge in [0.15, 0.2) is 0 Å². The van der Waals surface area contributed by atoms with Crippen LogP contribution >= 0.6 is 0 Å². The first-order valence-corrected chi connectivity index (χ1v) is 10.9. The molecule has 2 aromatic carbocycles. The first-order valence-electron chi connectivity index (χ1n) is 9.05. The molecule has 0 bridgehead atoms. The maximum Gasteiger partial charge on any atom is 0.241 e. The zero-order chi connectivity index (χ0) is 20.2. The average molecular weight is 389 g/mol. The second kappa shape index (κ2) is 8.57. The van der Waals surface area contributed by atoms with E-state index in [0.717, 1.165) is 33.7 Å². The van der Waals surface area contributed by atoms with Gasteiger partial charge in [-0.1, -0.05) is 43.3 Å². The minimum absolute atomic E-state index is 0.205. The van der Waals surface area contributed by atoms with Crippen molar-refractivity contribution >= 4 is 21.6 Å². The molecule has 0 saturated heterocycles. The van der Waals surface area contributed by atoms with Gasteiger partial charge in [0.2, 0.25) is 15.9 Å². The number of aryl methyl sites for hydroxylation is 3. The molecule has 0 fully saturated rings. The Morgan fingerprint density at radius 1 is 1.11 bits per heavy atom. The SMILES string of the molecule is CCc1ccc([C@@H](C)NC(=O)CN(c2cc(C)ccc2C)S(C)(=O)=O)cc1. The summed E-state index contributed by atoms with van der Waals surface area (Å²) in [6, 6.07) is 13.4. The van der Waals surface area contributed by atoms with Gasteiger partial charge in [-0.05, 0) is 55.5 Å². The molecule has 1 amide bonds. The molecule has 2 rings (SSSR count). The molecular weight excluding hydrogens is 360 g/mol. The van der Waals surface area contributed by atoms with Crippen molar-refractivity contribution in [3.05, 3.63) is 64.7 Å². The number of hydrogen-bond donors (Lipinski definition) is 1. The maximum atomic E-state index is 12.6. The summed E-state index contributed by atoms with van der Waals surface area (Å²) in [5.41, 5.74) is 4.50. The fourth-order valence-electron chi connectivity index (χ4n) is 2.91. The first kappa shape index (κ1) is 21.0. The Morgan fingerprint density at radius 3 is 2.30 bits per heavy atom. The number of sulfonamides is 1. The number of carbonyl (C=O) groups is 1. The van der Waals surface area contributed by atoms with Crippen LogP contribution < -0.4 is 9.62 Å². The maximum absolute atomic E-state index is 12.6. The highest BCUT2D eigenvalue weighted by Gasteiger charge is 2.23. The van der Waals surface area contributed by atoms with Crippen LogP contribution in [-0.2, 0) is 21.2 Å². The van der Waals surface area contributed by atoms with Crippen LogP contribution in [0.15, 0.2) is 42.5 Å². The van der Waals surface area contributed by atoms with E-state index in [4.69, 9.17) is 0 Å². The predicted octanol–water partition coefficient (Wildman–Crippen LogP) is 3.51. The van der Waals surface area contributed by atoms with Crippen molar-refractivity contribution < 1.29 is 13.2 Å². The minimum atomic E-state index is -3.59. The van der Waals surface area contributed by atoms with Crippen LogP contribution in [0.2, 0.25) is 0 Å². The quantitative estimate of drug-likeness (QED) is 0.789. The highest BCUT2D eigenvalue weighted by molar-refractivity contribution is 7.92. The molecule has 0 aromatic heterocycles. The molecule has 2 aromatic rings. The van der Waals surface area contributed by atoms with Crippen LogP contribution in [0, 0.1) is 13.8 Å². The van der Waals surface area contributed by atoms with E-state index in [1.54, 1.807) is 6.07 Å². The molecule has 146 valence electrons.